The summed E-state index contributed by atoms with van der Waals surface area (Å²) in [6, 6.07) is 9.48. The van der Waals surface area contributed by atoms with Crippen molar-refractivity contribution in [3.8, 4) is 0 Å². The summed E-state index contributed by atoms with van der Waals surface area (Å²) in [5.74, 6) is 0.735. The molecule has 1 aromatic rings. The molecule has 1 fully saturated rings. The Kier molecular flexibility index (Phi) is 13.5. The minimum absolute atomic E-state index is 0. The zero-order valence-electron chi connectivity index (χ0n) is 17.9. The van der Waals surface area contributed by atoms with Gasteiger partial charge in [0, 0.05) is 53.6 Å². The van der Waals surface area contributed by atoms with Gasteiger partial charge in [-0.1, -0.05) is 30.3 Å². The van der Waals surface area contributed by atoms with Crippen LogP contribution in [0, 0.1) is 0 Å². The average molecular weight is 554 g/mol. The van der Waals surface area contributed by atoms with Crippen molar-refractivity contribution in [3.05, 3.63) is 35.9 Å². The van der Waals surface area contributed by atoms with Crippen molar-refractivity contribution >= 4 is 40.0 Å². The van der Waals surface area contributed by atoms with Crippen LogP contribution in [0.2, 0.25) is 0 Å². The van der Waals surface area contributed by atoms with Crippen LogP contribution in [0.15, 0.2) is 35.3 Å². The molecule has 10 heteroatoms. The van der Waals surface area contributed by atoms with E-state index >= 15 is 0 Å². The molecular formula is C20H35IN4O4S. The van der Waals surface area contributed by atoms with E-state index < -0.39 is 10.0 Å². The first-order chi connectivity index (χ1) is 14.0. The molecule has 1 heterocycles. The van der Waals surface area contributed by atoms with Gasteiger partial charge in [-0.05, 0) is 24.8 Å². The number of nitrogens with one attached hydrogen (secondary N) is 2. The van der Waals surface area contributed by atoms with Crippen LogP contribution in [0.5, 0.6) is 0 Å². The molecule has 0 radical (unpaired) electrons. The monoisotopic (exact) mass is 554 g/mol. The highest BCUT2D eigenvalue weighted by atomic mass is 127. The Labute approximate surface area is 197 Å². The van der Waals surface area contributed by atoms with Gasteiger partial charge in [0.1, 0.15) is 0 Å². The quantitative estimate of drug-likeness (QED) is 0.188. The highest BCUT2D eigenvalue weighted by Crippen LogP contribution is 2.14. The van der Waals surface area contributed by atoms with Gasteiger partial charge >= 0.3 is 0 Å². The number of likely N-dealkylation sites (tertiary alicyclic amines) is 1. The number of halogens is 1. The molecule has 1 aliphatic heterocycles. The molecule has 0 spiro atoms. The molecule has 0 bridgehead atoms. The topological polar surface area (TPSA) is 92.3 Å². The number of aliphatic imine (C=N–C) groups is 1. The second-order valence-corrected chi connectivity index (χ2v) is 8.93. The summed E-state index contributed by atoms with van der Waals surface area (Å²) in [4.78, 5) is 6.45. The summed E-state index contributed by atoms with van der Waals surface area (Å²) in [6.07, 6.45) is 3.05. The number of sulfonamides is 1. The van der Waals surface area contributed by atoms with Gasteiger partial charge in [-0.15, -0.1) is 24.0 Å². The minimum atomic E-state index is -3.35. The second-order valence-electron chi connectivity index (χ2n) is 7.00. The van der Waals surface area contributed by atoms with E-state index in [-0.39, 0.29) is 35.8 Å². The predicted octanol–water partition coefficient (Wildman–Crippen LogP) is 1.82. The number of rotatable bonds is 11. The highest BCUT2D eigenvalue weighted by Gasteiger charge is 2.22. The van der Waals surface area contributed by atoms with E-state index in [0.717, 1.165) is 57.1 Å². The molecule has 8 nitrogen and oxygen atoms in total. The van der Waals surface area contributed by atoms with Crippen molar-refractivity contribution in [1.29, 1.82) is 0 Å². The number of guanidine groups is 1. The molecule has 0 aromatic heterocycles. The molecule has 1 aromatic carbocycles. The maximum Gasteiger partial charge on any atom is 0.213 e. The number of piperidine rings is 1. The van der Waals surface area contributed by atoms with Gasteiger partial charge in [-0.3, -0.25) is 4.99 Å². The summed E-state index contributed by atoms with van der Waals surface area (Å²) in [6.45, 7) is 3.74. The Morgan fingerprint density at radius 1 is 1.20 bits per heavy atom. The van der Waals surface area contributed by atoms with Crippen LogP contribution in [0.25, 0.3) is 0 Å². The first kappa shape index (κ1) is 27.1. The van der Waals surface area contributed by atoms with E-state index in [1.807, 2.05) is 30.3 Å². The molecule has 172 valence electrons. The SMILES string of the molecule is CN=C(NCCS(=O)(=O)NCc1ccccc1)N1CCC(OCCCOC)CC1.I. The maximum absolute atomic E-state index is 12.2. The third-order valence-corrected chi connectivity index (χ3v) is 6.12. The second kappa shape index (κ2) is 15.0. The molecule has 0 unspecified atom stereocenters. The van der Waals surface area contributed by atoms with Crippen LogP contribution in [-0.4, -0.2) is 78.1 Å². The van der Waals surface area contributed by atoms with E-state index in [0.29, 0.717) is 13.1 Å². The lowest BCUT2D eigenvalue weighted by Crippen LogP contribution is -2.48. The normalized spacial score (nSPS) is 15.7. The Hall–Kier alpha value is -0.950. The van der Waals surface area contributed by atoms with Gasteiger partial charge in [-0.25, -0.2) is 13.1 Å². The number of hydrogen-bond donors (Lipinski definition) is 2. The molecule has 0 amide bonds. The van der Waals surface area contributed by atoms with E-state index in [9.17, 15) is 8.42 Å². The predicted molar refractivity (Wildman–Crippen MR) is 131 cm³/mol. The van der Waals surface area contributed by atoms with Gasteiger partial charge < -0.3 is 19.7 Å². The van der Waals surface area contributed by atoms with Crippen molar-refractivity contribution in [2.75, 3.05) is 52.8 Å². The number of benzene rings is 1. The Balaban J connectivity index is 0.00000450. The minimum Gasteiger partial charge on any atom is -0.385 e. The summed E-state index contributed by atoms with van der Waals surface area (Å²) in [5, 5.41) is 3.17. The third kappa shape index (κ3) is 10.4. The molecule has 2 N–H and O–H groups in total. The van der Waals surface area contributed by atoms with Crippen LogP contribution in [0.3, 0.4) is 0 Å². The van der Waals surface area contributed by atoms with Gasteiger partial charge in [0.15, 0.2) is 5.96 Å². The van der Waals surface area contributed by atoms with Crippen molar-refractivity contribution in [2.24, 2.45) is 4.99 Å². The van der Waals surface area contributed by atoms with Crippen molar-refractivity contribution in [1.82, 2.24) is 14.9 Å². The molecule has 1 saturated heterocycles. The van der Waals surface area contributed by atoms with Crippen LogP contribution >= 0.6 is 24.0 Å². The lowest BCUT2D eigenvalue weighted by atomic mass is 10.1. The fourth-order valence-electron chi connectivity index (χ4n) is 3.18. The Bertz CT molecular complexity index is 711. The third-order valence-electron chi connectivity index (χ3n) is 4.79. The van der Waals surface area contributed by atoms with E-state index in [1.165, 1.54) is 0 Å². The summed E-state index contributed by atoms with van der Waals surface area (Å²) in [7, 11) is 0.0617. The molecular weight excluding hydrogens is 519 g/mol. The van der Waals surface area contributed by atoms with Gasteiger partial charge in [0.25, 0.3) is 0 Å². The van der Waals surface area contributed by atoms with Crippen LogP contribution in [0.4, 0.5) is 0 Å². The maximum atomic E-state index is 12.2. The number of nitrogens with zero attached hydrogens (tertiary/aromatic N) is 2. The number of methoxy groups -OCH3 is 1. The number of hydrogen-bond acceptors (Lipinski definition) is 5. The smallest absolute Gasteiger partial charge is 0.213 e. The molecule has 0 aliphatic carbocycles. The summed E-state index contributed by atoms with van der Waals surface area (Å²) in [5.41, 5.74) is 0.937. The lowest BCUT2D eigenvalue weighted by molar-refractivity contribution is 0.00993. The highest BCUT2D eigenvalue weighted by molar-refractivity contribution is 14.0. The Morgan fingerprint density at radius 3 is 2.53 bits per heavy atom. The fourth-order valence-corrected chi connectivity index (χ4v) is 4.08. The first-order valence-electron chi connectivity index (χ1n) is 10.1. The molecule has 1 aliphatic rings. The van der Waals surface area contributed by atoms with Crippen LogP contribution in [-0.2, 0) is 26.0 Å². The van der Waals surface area contributed by atoms with E-state index in [2.05, 4.69) is 19.9 Å². The van der Waals surface area contributed by atoms with Crippen molar-refractivity contribution in [2.45, 2.75) is 31.9 Å². The van der Waals surface area contributed by atoms with Crippen molar-refractivity contribution < 1.29 is 17.9 Å². The van der Waals surface area contributed by atoms with Gasteiger partial charge in [-0.2, -0.15) is 0 Å². The number of ether oxygens (including phenoxy) is 2. The summed E-state index contributed by atoms with van der Waals surface area (Å²) >= 11 is 0. The lowest BCUT2D eigenvalue weighted by Gasteiger charge is -2.34. The zero-order valence-corrected chi connectivity index (χ0v) is 21.0. The van der Waals surface area contributed by atoms with Gasteiger partial charge in [0.05, 0.1) is 11.9 Å². The van der Waals surface area contributed by atoms with Gasteiger partial charge in [0.2, 0.25) is 10.0 Å². The fraction of sp³-hybridized carbons (Fsp3) is 0.650. The van der Waals surface area contributed by atoms with Crippen molar-refractivity contribution in [3.63, 3.8) is 0 Å². The molecule has 30 heavy (non-hydrogen) atoms. The molecule has 0 saturated carbocycles. The van der Waals surface area contributed by atoms with Crippen LogP contribution < -0.4 is 10.0 Å². The van der Waals surface area contributed by atoms with E-state index in [4.69, 9.17) is 9.47 Å². The zero-order chi connectivity index (χ0) is 21.0. The Morgan fingerprint density at radius 2 is 1.90 bits per heavy atom. The average Bonchev–Trinajstić information content (AvgIpc) is 2.74. The standard InChI is InChI=1S/C20H34N4O4S.HI/c1-21-20(24-12-9-19(10-13-24)28-15-6-14-27-2)22-11-16-29(25,26)23-17-18-7-4-3-5-8-18;/h3-5,7-8,19,23H,6,9-17H2,1-2H3,(H,21,22);1H. The molecule has 0 atom stereocenters. The van der Waals surface area contributed by atoms with Crippen LogP contribution in [0.1, 0.15) is 24.8 Å². The largest absolute Gasteiger partial charge is 0.385 e. The van der Waals surface area contributed by atoms with E-state index in [1.54, 1.807) is 14.2 Å². The first-order valence-corrected chi connectivity index (χ1v) is 11.8. The summed E-state index contributed by atoms with van der Waals surface area (Å²) < 4.78 is 38.0. The molecule has 2 rings (SSSR count).